The summed E-state index contributed by atoms with van der Waals surface area (Å²) in [5.74, 6) is -1.80. The van der Waals surface area contributed by atoms with Crippen LogP contribution >= 0.6 is 0 Å². The third kappa shape index (κ3) is 2.33. The van der Waals surface area contributed by atoms with E-state index in [9.17, 15) is 14.3 Å². The zero-order chi connectivity index (χ0) is 13.1. The molecule has 0 saturated heterocycles. The molecule has 2 rings (SSSR count). The molecule has 1 aliphatic rings. The minimum absolute atomic E-state index is 0.183. The topological polar surface area (TPSA) is 46.5 Å². The van der Waals surface area contributed by atoms with Crippen molar-refractivity contribution in [3.63, 3.8) is 0 Å². The minimum atomic E-state index is -0.832. The molecule has 0 heterocycles. The highest BCUT2D eigenvalue weighted by atomic mass is 19.1. The van der Waals surface area contributed by atoms with Gasteiger partial charge in [-0.05, 0) is 24.5 Å². The third-order valence-electron chi connectivity index (χ3n) is 3.70. The van der Waals surface area contributed by atoms with Crippen molar-refractivity contribution >= 4 is 5.97 Å². The van der Waals surface area contributed by atoms with E-state index in [1.165, 1.54) is 7.11 Å². The lowest BCUT2D eigenvalue weighted by molar-refractivity contribution is -0.143. The molecule has 2 unspecified atom stereocenters. The van der Waals surface area contributed by atoms with Gasteiger partial charge in [-0.3, -0.25) is 4.79 Å². The molecular weight excluding hydrogens is 235 g/mol. The van der Waals surface area contributed by atoms with E-state index in [0.29, 0.717) is 12.0 Å². The molecule has 1 aromatic rings. The molecule has 98 valence electrons. The molecule has 1 N–H and O–H groups in total. The second kappa shape index (κ2) is 5.38. The quantitative estimate of drug-likeness (QED) is 0.898. The average Bonchev–Trinajstić information content (AvgIpc) is 2.39. The van der Waals surface area contributed by atoms with Gasteiger partial charge in [0.05, 0.1) is 13.0 Å². The van der Waals surface area contributed by atoms with Crippen molar-refractivity contribution in [1.29, 1.82) is 0 Å². The van der Waals surface area contributed by atoms with E-state index < -0.39 is 17.7 Å². The molecular formula is C14H17FO3. The summed E-state index contributed by atoms with van der Waals surface area (Å²) in [5.41, 5.74) is 0.474. The van der Waals surface area contributed by atoms with Crippen LogP contribution in [-0.2, 0) is 4.79 Å². The summed E-state index contributed by atoms with van der Waals surface area (Å²) < 4.78 is 19.1. The minimum Gasteiger partial charge on any atom is -0.494 e. The summed E-state index contributed by atoms with van der Waals surface area (Å²) >= 11 is 0. The summed E-state index contributed by atoms with van der Waals surface area (Å²) in [4.78, 5) is 11.3. The summed E-state index contributed by atoms with van der Waals surface area (Å²) in [6.45, 7) is 0. The van der Waals surface area contributed by atoms with Gasteiger partial charge >= 0.3 is 5.97 Å². The molecule has 0 radical (unpaired) electrons. The largest absolute Gasteiger partial charge is 0.494 e. The Morgan fingerprint density at radius 2 is 2.11 bits per heavy atom. The lowest BCUT2D eigenvalue weighted by atomic mass is 9.75. The van der Waals surface area contributed by atoms with Gasteiger partial charge in [-0.1, -0.05) is 25.0 Å². The van der Waals surface area contributed by atoms with Crippen LogP contribution in [0.4, 0.5) is 4.39 Å². The Bertz CT molecular complexity index is 445. The van der Waals surface area contributed by atoms with Crippen LogP contribution < -0.4 is 4.74 Å². The van der Waals surface area contributed by atoms with Gasteiger partial charge in [0.25, 0.3) is 0 Å². The van der Waals surface area contributed by atoms with Crippen LogP contribution in [0.25, 0.3) is 0 Å². The fraction of sp³-hybridized carbons (Fsp3) is 0.500. The van der Waals surface area contributed by atoms with E-state index in [1.807, 2.05) is 0 Å². The number of rotatable bonds is 3. The van der Waals surface area contributed by atoms with Gasteiger partial charge < -0.3 is 9.84 Å². The highest BCUT2D eigenvalue weighted by Crippen LogP contribution is 2.40. The molecule has 1 saturated carbocycles. The number of carbonyl (C=O) groups is 1. The Morgan fingerprint density at radius 3 is 2.78 bits per heavy atom. The molecule has 0 amide bonds. The van der Waals surface area contributed by atoms with Crippen LogP contribution in [0, 0.1) is 11.7 Å². The van der Waals surface area contributed by atoms with E-state index in [1.54, 1.807) is 18.2 Å². The van der Waals surface area contributed by atoms with Gasteiger partial charge in [0, 0.05) is 5.92 Å². The summed E-state index contributed by atoms with van der Waals surface area (Å²) in [6, 6.07) is 4.94. The highest BCUT2D eigenvalue weighted by molar-refractivity contribution is 5.71. The second-order valence-corrected chi connectivity index (χ2v) is 4.70. The smallest absolute Gasteiger partial charge is 0.307 e. The van der Waals surface area contributed by atoms with Gasteiger partial charge in [0.2, 0.25) is 0 Å². The van der Waals surface area contributed by atoms with Crippen LogP contribution in [0.3, 0.4) is 0 Å². The van der Waals surface area contributed by atoms with Gasteiger partial charge in [-0.2, -0.15) is 0 Å². The van der Waals surface area contributed by atoms with Gasteiger partial charge in [0.15, 0.2) is 11.6 Å². The number of hydrogen-bond acceptors (Lipinski definition) is 2. The molecule has 2 atom stereocenters. The number of methoxy groups -OCH3 is 1. The van der Waals surface area contributed by atoms with Crippen molar-refractivity contribution in [2.45, 2.75) is 31.6 Å². The number of ether oxygens (including phenoxy) is 1. The molecule has 4 heteroatoms. The third-order valence-corrected chi connectivity index (χ3v) is 3.70. The average molecular weight is 252 g/mol. The van der Waals surface area contributed by atoms with E-state index in [4.69, 9.17) is 4.74 Å². The summed E-state index contributed by atoms with van der Waals surface area (Å²) in [5, 5.41) is 9.23. The van der Waals surface area contributed by atoms with E-state index >= 15 is 0 Å². The van der Waals surface area contributed by atoms with Crippen molar-refractivity contribution in [3.05, 3.63) is 29.6 Å². The molecule has 0 aliphatic heterocycles. The number of carboxylic acid groups (broad SMARTS) is 1. The van der Waals surface area contributed by atoms with Crippen molar-refractivity contribution in [2.75, 3.05) is 7.11 Å². The maximum absolute atomic E-state index is 14.2. The fourth-order valence-electron chi connectivity index (χ4n) is 2.77. The van der Waals surface area contributed by atoms with Gasteiger partial charge in [0.1, 0.15) is 0 Å². The predicted molar refractivity (Wildman–Crippen MR) is 65.3 cm³/mol. The second-order valence-electron chi connectivity index (χ2n) is 4.70. The lowest BCUT2D eigenvalue weighted by Crippen LogP contribution is -2.26. The van der Waals surface area contributed by atoms with Crippen LogP contribution in [0.15, 0.2) is 18.2 Å². The van der Waals surface area contributed by atoms with Crippen LogP contribution in [-0.4, -0.2) is 18.2 Å². The molecule has 0 aromatic heterocycles. The van der Waals surface area contributed by atoms with Gasteiger partial charge in [-0.15, -0.1) is 0 Å². The zero-order valence-corrected chi connectivity index (χ0v) is 10.4. The van der Waals surface area contributed by atoms with E-state index in [2.05, 4.69) is 0 Å². The zero-order valence-electron chi connectivity index (χ0n) is 10.4. The highest BCUT2D eigenvalue weighted by Gasteiger charge is 2.33. The van der Waals surface area contributed by atoms with Crippen molar-refractivity contribution in [1.82, 2.24) is 0 Å². The standard InChI is InChI=1S/C14H17FO3/c1-18-12-8-4-7-10(13(12)15)9-5-2-3-6-11(9)14(16)17/h4,7-9,11H,2-3,5-6H2,1H3,(H,16,17). The lowest BCUT2D eigenvalue weighted by Gasteiger charge is -2.29. The molecule has 1 aliphatic carbocycles. The Kier molecular flexibility index (Phi) is 3.84. The molecule has 0 spiro atoms. The number of carboxylic acids is 1. The molecule has 3 nitrogen and oxygen atoms in total. The Hall–Kier alpha value is -1.58. The van der Waals surface area contributed by atoms with E-state index in [-0.39, 0.29) is 11.7 Å². The Balaban J connectivity index is 2.36. The SMILES string of the molecule is COc1cccc(C2CCCCC2C(=O)O)c1F. The van der Waals surface area contributed by atoms with Crippen LogP contribution in [0.5, 0.6) is 5.75 Å². The molecule has 18 heavy (non-hydrogen) atoms. The number of halogens is 1. The predicted octanol–water partition coefficient (Wildman–Crippen LogP) is 3.19. The number of benzene rings is 1. The van der Waals surface area contributed by atoms with Crippen LogP contribution in [0.1, 0.15) is 37.2 Å². The van der Waals surface area contributed by atoms with Crippen molar-refractivity contribution in [2.24, 2.45) is 5.92 Å². The van der Waals surface area contributed by atoms with Crippen molar-refractivity contribution in [3.8, 4) is 5.75 Å². The van der Waals surface area contributed by atoms with Gasteiger partial charge in [-0.25, -0.2) is 4.39 Å². The first-order chi connectivity index (χ1) is 8.65. The van der Waals surface area contributed by atoms with E-state index in [0.717, 1.165) is 19.3 Å². The molecule has 1 aromatic carbocycles. The first-order valence-electron chi connectivity index (χ1n) is 6.20. The Morgan fingerprint density at radius 1 is 1.39 bits per heavy atom. The van der Waals surface area contributed by atoms with Crippen molar-refractivity contribution < 1.29 is 19.0 Å². The molecule has 0 bridgehead atoms. The maximum atomic E-state index is 14.2. The Labute approximate surface area is 106 Å². The maximum Gasteiger partial charge on any atom is 0.307 e. The monoisotopic (exact) mass is 252 g/mol. The first kappa shape index (κ1) is 12.9. The molecule has 1 fully saturated rings. The van der Waals surface area contributed by atoms with Crippen LogP contribution in [0.2, 0.25) is 0 Å². The number of hydrogen-bond donors (Lipinski definition) is 1. The summed E-state index contributed by atoms with van der Waals surface area (Å²) in [6.07, 6.45) is 3.20. The normalized spacial score (nSPS) is 23.7. The summed E-state index contributed by atoms with van der Waals surface area (Å²) in [7, 11) is 1.41. The number of aliphatic carboxylic acids is 1. The first-order valence-corrected chi connectivity index (χ1v) is 6.20. The fourth-order valence-corrected chi connectivity index (χ4v) is 2.77.